The van der Waals surface area contributed by atoms with E-state index in [1.807, 2.05) is 117 Å². The average molecular weight is 488 g/mol. The highest BCUT2D eigenvalue weighted by Crippen LogP contribution is 2.31. The van der Waals surface area contributed by atoms with Crippen LogP contribution >= 0.6 is 0 Å². The van der Waals surface area contributed by atoms with Crippen molar-refractivity contribution in [3.63, 3.8) is 0 Å². The molecule has 0 heterocycles. The van der Waals surface area contributed by atoms with Crippen LogP contribution in [0.2, 0.25) is 0 Å². The third-order valence-electron chi connectivity index (χ3n) is 5.92. The highest BCUT2D eigenvalue weighted by molar-refractivity contribution is 7.85. The molecule has 34 heavy (non-hydrogen) atoms. The van der Waals surface area contributed by atoms with E-state index in [0.717, 1.165) is 36.9 Å². The van der Waals surface area contributed by atoms with Crippen molar-refractivity contribution < 1.29 is 8.42 Å². The third-order valence-corrected chi connectivity index (χ3v) is 8.75. The van der Waals surface area contributed by atoms with Crippen molar-refractivity contribution in [1.29, 1.82) is 0 Å². The molecule has 0 amide bonds. The first kappa shape index (κ1) is 24.3. The number of hydrogen-bond donors (Lipinski definition) is 1. The molecule has 0 bridgehead atoms. The molecule has 0 fully saturated rings. The zero-order valence-corrected chi connectivity index (χ0v) is 21.3. The van der Waals surface area contributed by atoms with Gasteiger partial charge in [-0.2, -0.15) is 0 Å². The van der Waals surface area contributed by atoms with E-state index in [-0.39, 0.29) is 0 Å². The Morgan fingerprint density at radius 2 is 1.21 bits per heavy atom. The zero-order chi connectivity index (χ0) is 24.1. The molecule has 1 N–H and O–H groups in total. The van der Waals surface area contributed by atoms with Crippen LogP contribution in [-0.2, 0) is 33.7 Å². The van der Waals surface area contributed by atoms with Gasteiger partial charge in [-0.3, -0.25) is 0 Å². The first-order valence-corrected chi connectivity index (χ1v) is 13.5. The fourth-order valence-electron chi connectivity index (χ4n) is 3.93. The molecule has 5 heteroatoms. The predicted molar refractivity (Wildman–Crippen MR) is 141 cm³/mol. The molecule has 2 unspecified atom stereocenters. The lowest BCUT2D eigenvalue weighted by atomic mass is 9.86. The largest absolute Gasteiger partial charge is 0.249 e. The van der Waals surface area contributed by atoms with Gasteiger partial charge in [0.2, 0.25) is 0 Å². The smallest absolute Gasteiger partial charge is 0.125 e. The van der Waals surface area contributed by atoms with Gasteiger partial charge in [-0.05, 0) is 68.7 Å². The molecule has 3 atom stereocenters. The Labute approximate surface area is 207 Å². The van der Waals surface area contributed by atoms with Gasteiger partial charge in [0.25, 0.3) is 0 Å². The molecule has 0 spiro atoms. The van der Waals surface area contributed by atoms with Gasteiger partial charge in [-0.25, -0.2) is 13.1 Å². The second kappa shape index (κ2) is 10.6. The third kappa shape index (κ3) is 5.61. The maximum atomic E-state index is 13.5. The van der Waals surface area contributed by atoms with Crippen LogP contribution in [0.15, 0.2) is 118 Å². The lowest BCUT2D eigenvalue weighted by Crippen LogP contribution is -2.42. The van der Waals surface area contributed by atoms with E-state index in [1.165, 1.54) is 0 Å². The van der Waals surface area contributed by atoms with Gasteiger partial charge in [-0.15, -0.1) is 0 Å². The monoisotopic (exact) mass is 487 g/mol. The van der Waals surface area contributed by atoms with Gasteiger partial charge in [-0.1, -0.05) is 83.9 Å². The van der Waals surface area contributed by atoms with E-state index in [9.17, 15) is 8.42 Å². The molecule has 4 rings (SSSR count). The average Bonchev–Trinajstić information content (AvgIpc) is 2.85. The minimum absolute atomic E-state index is 0.530. The minimum atomic E-state index is -1.42. The van der Waals surface area contributed by atoms with Crippen molar-refractivity contribution >= 4 is 21.8 Å². The van der Waals surface area contributed by atoms with E-state index in [1.54, 1.807) is 0 Å². The van der Waals surface area contributed by atoms with Crippen LogP contribution in [-0.4, -0.2) is 8.42 Å². The van der Waals surface area contributed by atoms with Crippen LogP contribution in [0, 0.1) is 13.8 Å². The standard InChI is InChI=1S/C29H29NO2S2/c1-22-13-17-26(18-14-22)33(31)28-12-8-7-9-24(28)21-29(3,25-10-5-4-6-11-25)30-34(32)27-19-15-23(2)16-20-27/h4-20,30H,21H2,1-3H3/t29-,33?,34?/m0/s1. The summed E-state index contributed by atoms with van der Waals surface area (Å²) < 4.78 is 30.2. The van der Waals surface area contributed by atoms with Crippen molar-refractivity contribution in [1.82, 2.24) is 4.72 Å². The van der Waals surface area contributed by atoms with E-state index < -0.39 is 27.3 Å². The number of hydrogen-bond acceptors (Lipinski definition) is 2. The Bertz CT molecular complexity index is 1300. The summed E-state index contributed by atoms with van der Waals surface area (Å²) in [6.45, 7) is 6.09. The van der Waals surface area contributed by atoms with Crippen LogP contribution in [0.3, 0.4) is 0 Å². The molecule has 0 aliphatic rings. The molecule has 0 saturated heterocycles. The summed E-state index contributed by atoms with van der Waals surface area (Å²) in [5, 5.41) is 0. The van der Waals surface area contributed by atoms with Crippen LogP contribution in [0.25, 0.3) is 0 Å². The summed E-state index contributed by atoms with van der Waals surface area (Å²) in [4.78, 5) is 2.27. The van der Waals surface area contributed by atoms with E-state index in [0.29, 0.717) is 6.42 Å². The van der Waals surface area contributed by atoms with Gasteiger partial charge in [0.15, 0.2) is 0 Å². The van der Waals surface area contributed by atoms with E-state index >= 15 is 0 Å². The van der Waals surface area contributed by atoms with Gasteiger partial charge in [0, 0.05) is 9.79 Å². The van der Waals surface area contributed by atoms with Crippen molar-refractivity contribution in [2.24, 2.45) is 0 Å². The second-order valence-corrected chi connectivity index (χ2v) is 11.4. The Hall–Kier alpha value is -2.86. The van der Waals surface area contributed by atoms with Crippen LogP contribution < -0.4 is 4.72 Å². The number of rotatable bonds is 8. The minimum Gasteiger partial charge on any atom is -0.249 e. The Kier molecular flexibility index (Phi) is 7.57. The molecule has 0 aromatic heterocycles. The molecule has 4 aromatic carbocycles. The molecular formula is C29H29NO2S2. The molecular weight excluding hydrogens is 458 g/mol. The summed E-state index contributed by atoms with van der Waals surface area (Å²) >= 11 is 0. The fourth-order valence-corrected chi connectivity index (χ4v) is 6.25. The van der Waals surface area contributed by atoms with Crippen LogP contribution in [0.5, 0.6) is 0 Å². The lowest BCUT2D eigenvalue weighted by Gasteiger charge is -2.32. The fraction of sp³-hybridized carbons (Fsp3) is 0.172. The van der Waals surface area contributed by atoms with Crippen molar-refractivity contribution in [2.75, 3.05) is 0 Å². The van der Waals surface area contributed by atoms with Crippen molar-refractivity contribution in [2.45, 2.75) is 47.4 Å². The topological polar surface area (TPSA) is 46.2 Å². The van der Waals surface area contributed by atoms with Crippen molar-refractivity contribution in [3.8, 4) is 0 Å². The SMILES string of the molecule is Cc1ccc(S(=O)N[C@@](C)(Cc2ccccc2S(=O)c2ccc(C)cc2)c2ccccc2)cc1. The lowest BCUT2D eigenvalue weighted by molar-refractivity contribution is 0.440. The Morgan fingerprint density at radius 3 is 1.82 bits per heavy atom. The van der Waals surface area contributed by atoms with Gasteiger partial charge in [0.1, 0.15) is 11.0 Å². The molecule has 0 radical (unpaired) electrons. The number of aryl methyl sites for hydroxylation is 2. The van der Waals surface area contributed by atoms with E-state index in [2.05, 4.69) is 11.6 Å². The quantitative estimate of drug-likeness (QED) is 0.320. The maximum Gasteiger partial charge on any atom is 0.125 e. The van der Waals surface area contributed by atoms with E-state index in [4.69, 9.17) is 0 Å². The summed E-state index contributed by atoms with van der Waals surface area (Å²) in [6.07, 6.45) is 0.530. The Morgan fingerprint density at radius 1 is 0.676 bits per heavy atom. The van der Waals surface area contributed by atoms with Crippen molar-refractivity contribution in [3.05, 3.63) is 125 Å². The molecule has 0 aliphatic carbocycles. The first-order valence-electron chi connectivity index (χ1n) is 11.2. The zero-order valence-electron chi connectivity index (χ0n) is 19.7. The Balaban J connectivity index is 1.70. The first-order chi connectivity index (χ1) is 16.4. The predicted octanol–water partition coefficient (Wildman–Crippen LogP) is 6.24. The molecule has 4 aromatic rings. The highest BCUT2D eigenvalue weighted by Gasteiger charge is 2.31. The molecule has 0 aliphatic heterocycles. The second-order valence-electron chi connectivity index (χ2n) is 8.75. The van der Waals surface area contributed by atoms with Crippen LogP contribution in [0.4, 0.5) is 0 Å². The molecule has 0 saturated carbocycles. The van der Waals surface area contributed by atoms with Gasteiger partial charge >= 0.3 is 0 Å². The van der Waals surface area contributed by atoms with Crippen LogP contribution in [0.1, 0.15) is 29.2 Å². The summed E-state index contributed by atoms with van der Waals surface area (Å²) in [5.74, 6) is 0. The number of nitrogens with one attached hydrogen (secondary N) is 1. The maximum absolute atomic E-state index is 13.5. The molecule has 3 nitrogen and oxygen atoms in total. The normalized spacial score (nSPS) is 14.8. The highest BCUT2D eigenvalue weighted by atomic mass is 32.2. The van der Waals surface area contributed by atoms with Gasteiger partial charge < -0.3 is 0 Å². The molecule has 174 valence electrons. The summed E-state index contributed by atoms with van der Waals surface area (Å²) in [7, 11) is -2.73. The summed E-state index contributed by atoms with van der Waals surface area (Å²) in [5.41, 5.74) is 3.59. The number of benzene rings is 4. The summed E-state index contributed by atoms with van der Waals surface area (Å²) in [6, 6.07) is 33.4. The van der Waals surface area contributed by atoms with Gasteiger partial charge in [0.05, 0.1) is 21.2 Å².